The Hall–Kier alpha value is -3.52. The van der Waals surface area contributed by atoms with E-state index in [1.54, 1.807) is 7.11 Å². The van der Waals surface area contributed by atoms with Gasteiger partial charge < -0.3 is 28.8 Å². The zero-order valence-electron chi connectivity index (χ0n) is 23.4. The van der Waals surface area contributed by atoms with Crippen LogP contribution in [0.25, 0.3) is 0 Å². The first-order valence-corrected chi connectivity index (χ1v) is 14.1. The number of benzene rings is 4. The maximum Gasteiger partial charge on any atom is 0.118 e. The van der Waals surface area contributed by atoms with Gasteiger partial charge in [-0.2, -0.15) is 0 Å². The van der Waals surface area contributed by atoms with Gasteiger partial charge in [0.15, 0.2) is 0 Å². The highest BCUT2D eigenvalue weighted by atomic mass is 16.6. The van der Waals surface area contributed by atoms with E-state index in [1.165, 1.54) is 0 Å². The minimum atomic E-state index is -0.800. The molecular weight excluding hydrogens is 516 g/mol. The topological polar surface area (TPSA) is 66.4 Å². The Morgan fingerprint density at radius 2 is 0.927 bits per heavy atom. The van der Waals surface area contributed by atoms with Crippen molar-refractivity contribution in [2.45, 2.75) is 63.4 Å². The minimum Gasteiger partial charge on any atom is -0.497 e. The molecule has 1 fully saturated rings. The molecule has 1 N–H and O–H groups in total. The van der Waals surface area contributed by atoms with Crippen molar-refractivity contribution in [1.29, 1.82) is 0 Å². The number of hydrogen-bond donors (Lipinski definition) is 1. The predicted octanol–water partition coefficient (Wildman–Crippen LogP) is 6.10. The molecule has 1 aliphatic carbocycles. The molecule has 4 aromatic carbocycles. The molecule has 1 unspecified atom stereocenters. The van der Waals surface area contributed by atoms with Crippen LogP contribution in [0.5, 0.6) is 5.75 Å². The lowest BCUT2D eigenvalue weighted by Crippen LogP contribution is -2.59. The number of rotatable bonds is 13. The van der Waals surface area contributed by atoms with Crippen molar-refractivity contribution in [2.75, 3.05) is 7.11 Å². The molecule has 0 aliphatic heterocycles. The summed E-state index contributed by atoms with van der Waals surface area (Å²) in [6.45, 7) is 1.48. The molecule has 5 rings (SSSR count). The molecule has 5 atom stereocenters. The normalized spacial score (nSPS) is 22.3. The number of aliphatic hydroxyl groups is 1. The molecule has 41 heavy (non-hydrogen) atoms. The molecule has 0 aromatic heterocycles. The summed E-state index contributed by atoms with van der Waals surface area (Å²) in [6, 6.07) is 37.8. The largest absolute Gasteiger partial charge is 0.497 e. The third-order valence-corrected chi connectivity index (χ3v) is 7.35. The summed E-state index contributed by atoms with van der Waals surface area (Å²) in [5.74, 6) is 0.781. The van der Waals surface area contributed by atoms with Crippen LogP contribution in [-0.4, -0.2) is 42.7 Å². The molecule has 0 saturated heterocycles. The fraction of sp³-hybridized carbons (Fsp3) is 0.314. The smallest absolute Gasteiger partial charge is 0.118 e. The molecular formula is C35H38O6. The second-order valence-corrected chi connectivity index (χ2v) is 10.3. The van der Waals surface area contributed by atoms with Gasteiger partial charge in [0.25, 0.3) is 0 Å². The first-order valence-electron chi connectivity index (χ1n) is 14.1. The molecule has 1 aliphatic rings. The molecule has 0 spiro atoms. The Labute approximate surface area is 242 Å². The Morgan fingerprint density at radius 1 is 0.512 bits per heavy atom. The summed E-state index contributed by atoms with van der Waals surface area (Å²) in [4.78, 5) is 0. The van der Waals surface area contributed by atoms with Gasteiger partial charge in [0.1, 0.15) is 24.1 Å². The standard InChI is InChI=1S/C35H38O6/c1-37-30-19-17-29(18-20-30)25-39-33-31(36)21-32(38-22-26-11-5-2-6-12-26)34(40-23-27-13-7-3-8-14-27)35(33)41-24-28-15-9-4-10-16-28/h2-20,31-36H,21-25H2,1H3/t31-,32-,33?,34+,35-/m1/s1. The molecule has 6 heteroatoms. The molecule has 1 saturated carbocycles. The summed E-state index contributed by atoms with van der Waals surface area (Å²) in [6.07, 6.45) is -2.47. The van der Waals surface area contributed by atoms with Crippen LogP contribution >= 0.6 is 0 Å². The lowest BCUT2D eigenvalue weighted by molar-refractivity contribution is -0.240. The summed E-state index contributed by atoms with van der Waals surface area (Å²) < 4.78 is 31.2. The predicted molar refractivity (Wildman–Crippen MR) is 157 cm³/mol. The fourth-order valence-corrected chi connectivity index (χ4v) is 5.11. The second-order valence-electron chi connectivity index (χ2n) is 10.3. The van der Waals surface area contributed by atoms with Crippen LogP contribution in [0, 0.1) is 0 Å². The Kier molecular flexibility index (Phi) is 10.5. The monoisotopic (exact) mass is 554 g/mol. The molecule has 0 radical (unpaired) electrons. The van der Waals surface area contributed by atoms with E-state index in [4.69, 9.17) is 23.7 Å². The van der Waals surface area contributed by atoms with Crippen molar-refractivity contribution in [3.63, 3.8) is 0 Å². The quantitative estimate of drug-likeness (QED) is 0.215. The van der Waals surface area contributed by atoms with E-state index in [9.17, 15) is 5.11 Å². The van der Waals surface area contributed by atoms with Gasteiger partial charge in [0.05, 0.1) is 45.7 Å². The van der Waals surface area contributed by atoms with E-state index < -0.39 is 30.5 Å². The van der Waals surface area contributed by atoms with Gasteiger partial charge in [-0.3, -0.25) is 0 Å². The van der Waals surface area contributed by atoms with E-state index in [0.717, 1.165) is 28.0 Å². The summed E-state index contributed by atoms with van der Waals surface area (Å²) in [7, 11) is 1.64. The van der Waals surface area contributed by atoms with E-state index in [-0.39, 0.29) is 0 Å². The highest BCUT2D eigenvalue weighted by Crippen LogP contribution is 2.32. The molecule has 4 aromatic rings. The van der Waals surface area contributed by atoms with Crippen molar-refractivity contribution < 1.29 is 28.8 Å². The van der Waals surface area contributed by atoms with Crippen LogP contribution in [0.4, 0.5) is 0 Å². The van der Waals surface area contributed by atoms with E-state index in [0.29, 0.717) is 32.8 Å². The SMILES string of the molecule is COc1ccc(COC2[C@H](O)C[C@@H](OCc3ccccc3)[C@H](OCc3ccccc3)[C@@H]2OCc2ccccc2)cc1. The molecule has 0 heterocycles. The lowest BCUT2D eigenvalue weighted by atomic mass is 9.86. The van der Waals surface area contributed by atoms with Crippen LogP contribution in [0.2, 0.25) is 0 Å². The third-order valence-electron chi connectivity index (χ3n) is 7.35. The molecule has 214 valence electrons. The average Bonchev–Trinajstić information content (AvgIpc) is 3.03. The first-order chi connectivity index (χ1) is 20.2. The third kappa shape index (κ3) is 8.26. The average molecular weight is 555 g/mol. The lowest BCUT2D eigenvalue weighted by Gasteiger charge is -2.44. The Balaban J connectivity index is 1.38. The van der Waals surface area contributed by atoms with E-state index >= 15 is 0 Å². The highest BCUT2D eigenvalue weighted by Gasteiger charge is 2.47. The van der Waals surface area contributed by atoms with Gasteiger partial charge in [0.2, 0.25) is 0 Å². The van der Waals surface area contributed by atoms with Crippen molar-refractivity contribution >= 4 is 0 Å². The fourth-order valence-electron chi connectivity index (χ4n) is 5.11. The maximum atomic E-state index is 11.4. The molecule has 0 bridgehead atoms. The van der Waals surface area contributed by atoms with E-state index in [2.05, 4.69) is 0 Å². The zero-order valence-corrected chi connectivity index (χ0v) is 23.4. The van der Waals surface area contributed by atoms with Gasteiger partial charge in [-0.15, -0.1) is 0 Å². The van der Waals surface area contributed by atoms with Crippen LogP contribution in [0.15, 0.2) is 115 Å². The van der Waals surface area contributed by atoms with Crippen molar-refractivity contribution in [3.05, 3.63) is 138 Å². The highest BCUT2D eigenvalue weighted by molar-refractivity contribution is 5.26. The summed E-state index contributed by atoms with van der Waals surface area (Å²) in [5.41, 5.74) is 4.12. The molecule has 0 amide bonds. The zero-order chi connectivity index (χ0) is 28.3. The van der Waals surface area contributed by atoms with Crippen molar-refractivity contribution in [2.24, 2.45) is 0 Å². The van der Waals surface area contributed by atoms with Gasteiger partial charge in [0, 0.05) is 6.42 Å². The Morgan fingerprint density at radius 3 is 1.41 bits per heavy atom. The van der Waals surface area contributed by atoms with Crippen LogP contribution in [-0.2, 0) is 45.4 Å². The minimum absolute atomic E-state index is 0.317. The van der Waals surface area contributed by atoms with Gasteiger partial charge in [-0.25, -0.2) is 0 Å². The van der Waals surface area contributed by atoms with Crippen molar-refractivity contribution in [3.8, 4) is 5.75 Å². The van der Waals surface area contributed by atoms with Gasteiger partial charge >= 0.3 is 0 Å². The number of methoxy groups -OCH3 is 1. The summed E-state index contributed by atoms with van der Waals surface area (Å²) in [5, 5.41) is 11.4. The Bertz CT molecular complexity index is 1280. The van der Waals surface area contributed by atoms with Gasteiger partial charge in [-0.05, 0) is 34.4 Å². The maximum absolute atomic E-state index is 11.4. The van der Waals surface area contributed by atoms with Crippen LogP contribution in [0.3, 0.4) is 0 Å². The molecule has 6 nitrogen and oxygen atoms in total. The van der Waals surface area contributed by atoms with Crippen molar-refractivity contribution in [1.82, 2.24) is 0 Å². The summed E-state index contributed by atoms with van der Waals surface area (Å²) >= 11 is 0. The second kappa shape index (κ2) is 14.9. The van der Waals surface area contributed by atoms with Crippen LogP contribution < -0.4 is 4.74 Å². The number of hydrogen-bond acceptors (Lipinski definition) is 6. The van der Waals surface area contributed by atoms with Gasteiger partial charge in [-0.1, -0.05) is 103 Å². The van der Waals surface area contributed by atoms with E-state index in [1.807, 2.05) is 115 Å². The number of ether oxygens (including phenoxy) is 5. The van der Waals surface area contributed by atoms with Crippen LogP contribution in [0.1, 0.15) is 28.7 Å². The first kappa shape index (κ1) is 29.0. The number of aliphatic hydroxyl groups excluding tert-OH is 1.